The van der Waals surface area contributed by atoms with E-state index < -0.39 is 0 Å². The van der Waals surface area contributed by atoms with Crippen molar-refractivity contribution >= 4 is 11.6 Å². The van der Waals surface area contributed by atoms with Gasteiger partial charge in [0.1, 0.15) is 0 Å². The number of halogens is 1. The van der Waals surface area contributed by atoms with Gasteiger partial charge in [0, 0.05) is 11.1 Å². The Kier molecular flexibility index (Phi) is 4.72. The van der Waals surface area contributed by atoms with Gasteiger partial charge in [-0.05, 0) is 37.4 Å². The third-order valence-corrected chi connectivity index (χ3v) is 2.60. The molecule has 0 heterocycles. The molecule has 0 aliphatic heterocycles. The van der Waals surface area contributed by atoms with Gasteiger partial charge in [-0.3, -0.25) is 0 Å². The maximum Gasteiger partial charge on any atom is 0.160 e. The van der Waals surface area contributed by atoms with E-state index in [4.69, 9.17) is 22.1 Å². The Hall–Kier alpha value is -0.930. The van der Waals surface area contributed by atoms with Gasteiger partial charge in [0.25, 0.3) is 0 Å². The van der Waals surface area contributed by atoms with Crippen LogP contribution in [0.3, 0.4) is 0 Å². The number of ether oxygens (including phenoxy) is 1. The minimum Gasteiger partial charge on any atom is -0.504 e. The number of hydrogen-bond acceptors (Lipinski definition) is 3. The van der Waals surface area contributed by atoms with E-state index in [-0.39, 0.29) is 5.75 Å². The maximum atomic E-state index is 9.46. The Morgan fingerprint density at radius 1 is 1.40 bits per heavy atom. The lowest BCUT2D eigenvalue weighted by Gasteiger charge is -2.08. The van der Waals surface area contributed by atoms with Crippen LogP contribution < -0.4 is 10.5 Å². The Labute approximate surface area is 94.8 Å². The first-order chi connectivity index (χ1) is 7.19. The Morgan fingerprint density at radius 2 is 2.13 bits per heavy atom. The molecule has 0 atom stereocenters. The van der Waals surface area contributed by atoms with Crippen LogP contribution in [0.4, 0.5) is 0 Å². The molecule has 0 aromatic heterocycles. The molecule has 1 aromatic carbocycles. The second-order valence-electron chi connectivity index (χ2n) is 3.36. The number of phenolic OH excluding ortho intramolecular Hbond substituents is 1. The molecule has 0 aliphatic rings. The normalized spacial score (nSPS) is 10.3. The molecule has 1 rings (SSSR count). The summed E-state index contributed by atoms with van der Waals surface area (Å²) in [5.74, 6) is 0.534. The molecule has 0 saturated heterocycles. The number of unbranched alkanes of at least 4 members (excludes halogenated alkanes) is 1. The average molecular weight is 230 g/mol. The smallest absolute Gasteiger partial charge is 0.160 e. The van der Waals surface area contributed by atoms with Crippen molar-refractivity contribution in [1.82, 2.24) is 0 Å². The highest BCUT2D eigenvalue weighted by atomic mass is 35.5. The van der Waals surface area contributed by atoms with Crippen molar-refractivity contribution in [2.24, 2.45) is 5.73 Å². The van der Waals surface area contributed by atoms with Gasteiger partial charge in [0.15, 0.2) is 11.5 Å². The van der Waals surface area contributed by atoms with E-state index in [2.05, 4.69) is 0 Å². The third kappa shape index (κ3) is 3.29. The third-order valence-electron chi connectivity index (χ3n) is 2.25. The summed E-state index contributed by atoms with van der Waals surface area (Å²) in [6, 6.07) is 3.28. The Morgan fingerprint density at radius 3 is 2.73 bits per heavy atom. The number of hydrogen-bond donors (Lipinski definition) is 2. The fraction of sp³-hybridized carbons (Fsp3) is 0.455. The predicted molar refractivity (Wildman–Crippen MR) is 61.7 cm³/mol. The van der Waals surface area contributed by atoms with Crippen molar-refractivity contribution in [2.75, 3.05) is 13.7 Å². The molecule has 3 nitrogen and oxygen atoms in total. The maximum absolute atomic E-state index is 9.46. The van der Waals surface area contributed by atoms with E-state index in [0.29, 0.717) is 17.3 Å². The van der Waals surface area contributed by atoms with E-state index in [9.17, 15) is 5.11 Å². The van der Waals surface area contributed by atoms with Crippen LogP contribution in [0.25, 0.3) is 0 Å². The zero-order valence-corrected chi connectivity index (χ0v) is 9.55. The molecule has 1 aromatic rings. The first-order valence-corrected chi connectivity index (χ1v) is 5.32. The van der Waals surface area contributed by atoms with Crippen molar-refractivity contribution < 1.29 is 9.84 Å². The van der Waals surface area contributed by atoms with Crippen molar-refractivity contribution in [3.8, 4) is 11.5 Å². The van der Waals surface area contributed by atoms with Crippen LogP contribution in [0.2, 0.25) is 5.02 Å². The first kappa shape index (κ1) is 12.1. The summed E-state index contributed by atoms with van der Waals surface area (Å²) in [4.78, 5) is 0. The minimum absolute atomic E-state index is 0.0741. The lowest BCUT2D eigenvalue weighted by molar-refractivity contribution is 0.373. The zero-order valence-electron chi connectivity index (χ0n) is 8.79. The molecule has 0 fully saturated rings. The predicted octanol–water partition coefficient (Wildman–Crippen LogP) is 2.34. The van der Waals surface area contributed by atoms with Crippen LogP contribution in [0, 0.1) is 0 Å². The first-order valence-electron chi connectivity index (χ1n) is 4.94. The molecule has 3 N–H and O–H groups in total. The van der Waals surface area contributed by atoms with Gasteiger partial charge in [0.05, 0.1) is 7.11 Å². The average Bonchev–Trinajstić information content (AvgIpc) is 2.21. The number of rotatable bonds is 5. The topological polar surface area (TPSA) is 55.5 Å². The molecule has 0 bridgehead atoms. The van der Waals surface area contributed by atoms with E-state index in [1.165, 1.54) is 13.2 Å². The minimum atomic E-state index is 0.0741. The number of benzene rings is 1. The molecule has 0 saturated carbocycles. The quantitative estimate of drug-likeness (QED) is 0.762. The second kappa shape index (κ2) is 5.83. The SMILES string of the molecule is COc1cc(CCCCN)c(Cl)cc1O. The molecule has 0 spiro atoms. The van der Waals surface area contributed by atoms with E-state index in [0.717, 1.165) is 24.8 Å². The Bertz CT molecular complexity index is 329. The van der Waals surface area contributed by atoms with Crippen molar-refractivity contribution in [2.45, 2.75) is 19.3 Å². The van der Waals surface area contributed by atoms with Gasteiger partial charge >= 0.3 is 0 Å². The highest BCUT2D eigenvalue weighted by Crippen LogP contribution is 2.32. The summed E-state index contributed by atoms with van der Waals surface area (Å²) in [5, 5.41) is 10.0. The number of nitrogens with two attached hydrogens (primary N) is 1. The summed E-state index contributed by atoms with van der Waals surface area (Å²) < 4.78 is 5.01. The van der Waals surface area contributed by atoms with Gasteiger partial charge in [-0.25, -0.2) is 0 Å². The summed E-state index contributed by atoms with van der Waals surface area (Å²) in [7, 11) is 1.52. The van der Waals surface area contributed by atoms with Gasteiger partial charge in [0.2, 0.25) is 0 Å². The molecule has 0 unspecified atom stereocenters. The second-order valence-corrected chi connectivity index (χ2v) is 3.77. The molecule has 84 valence electrons. The lowest BCUT2D eigenvalue weighted by atomic mass is 10.1. The van der Waals surface area contributed by atoms with Crippen LogP contribution in [-0.4, -0.2) is 18.8 Å². The summed E-state index contributed by atoms with van der Waals surface area (Å²) in [6.45, 7) is 0.687. The van der Waals surface area contributed by atoms with Crippen molar-refractivity contribution in [3.63, 3.8) is 0 Å². The Balaban J connectivity index is 2.78. The van der Waals surface area contributed by atoms with Gasteiger partial charge in [-0.1, -0.05) is 11.6 Å². The van der Waals surface area contributed by atoms with Crippen LogP contribution in [0.5, 0.6) is 11.5 Å². The van der Waals surface area contributed by atoms with Gasteiger partial charge in [-0.2, -0.15) is 0 Å². The summed E-state index contributed by atoms with van der Waals surface area (Å²) in [5.41, 5.74) is 6.40. The number of phenols is 1. The van der Waals surface area contributed by atoms with Crippen LogP contribution in [-0.2, 0) is 6.42 Å². The highest BCUT2D eigenvalue weighted by molar-refractivity contribution is 6.31. The number of methoxy groups -OCH3 is 1. The zero-order chi connectivity index (χ0) is 11.3. The largest absolute Gasteiger partial charge is 0.504 e. The number of aryl methyl sites for hydroxylation is 1. The van der Waals surface area contributed by atoms with Gasteiger partial charge in [-0.15, -0.1) is 0 Å². The lowest BCUT2D eigenvalue weighted by Crippen LogP contribution is -1.99. The van der Waals surface area contributed by atoms with Crippen molar-refractivity contribution in [1.29, 1.82) is 0 Å². The molecule has 4 heteroatoms. The molecule has 0 radical (unpaired) electrons. The van der Waals surface area contributed by atoms with E-state index in [1.807, 2.05) is 0 Å². The van der Waals surface area contributed by atoms with Crippen LogP contribution >= 0.6 is 11.6 Å². The van der Waals surface area contributed by atoms with Crippen LogP contribution in [0.1, 0.15) is 18.4 Å². The standard InChI is InChI=1S/C11H16ClNO2/c1-15-11-6-8(4-2-3-5-13)9(12)7-10(11)14/h6-7,14H,2-5,13H2,1H3. The molecular weight excluding hydrogens is 214 g/mol. The van der Waals surface area contributed by atoms with E-state index in [1.54, 1.807) is 6.07 Å². The molecule has 0 aliphatic carbocycles. The molecule has 0 amide bonds. The fourth-order valence-electron chi connectivity index (χ4n) is 1.40. The summed E-state index contributed by atoms with van der Waals surface area (Å²) in [6.07, 6.45) is 2.82. The monoisotopic (exact) mass is 229 g/mol. The fourth-order valence-corrected chi connectivity index (χ4v) is 1.65. The highest BCUT2D eigenvalue weighted by Gasteiger charge is 2.07. The number of aromatic hydroxyl groups is 1. The van der Waals surface area contributed by atoms with E-state index >= 15 is 0 Å². The molecule has 15 heavy (non-hydrogen) atoms. The molecular formula is C11H16ClNO2. The summed E-state index contributed by atoms with van der Waals surface area (Å²) >= 11 is 5.99. The van der Waals surface area contributed by atoms with Gasteiger partial charge < -0.3 is 15.6 Å². The van der Waals surface area contributed by atoms with Crippen molar-refractivity contribution in [3.05, 3.63) is 22.7 Å². The van der Waals surface area contributed by atoms with Crippen LogP contribution in [0.15, 0.2) is 12.1 Å².